The van der Waals surface area contributed by atoms with Crippen molar-refractivity contribution in [2.24, 2.45) is 5.92 Å². The molecule has 0 saturated carbocycles. The van der Waals surface area contributed by atoms with Crippen LogP contribution >= 0.6 is 0 Å². The van der Waals surface area contributed by atoms with Gasteiger partial charge in [-0.3, -0.25) is 5.10 Å². The fourth-order valence-electron chi connectivity index (χ4n) is 1.39. The van der Waals surface area contributed by atoms with Crippen molar-refractivity contribution in [3.8, 4) is 0 Å². The van der Waals surface area contributed by atoms with Gasteiger partial charge >= 0.3 is 0 Å². The van der Waals surface area contributed by atoms with Crippen LogP contribution in [0.15, 0.2) is 17.6 Å². The molecule has 0 aromatic carbocycles. The summed E-state index contributed by atoms with van der Waals surface area (Å²) in [7, 11) is 2.15. The van der Waals surface area contributed by atoms with Gasteiger partial charge in [-0.2, -0.15) is 5.10 Å². The average molecular weight is 171 g/mol. The van der Waals surface area contributed by atoms with Crippen molar-refractivity contribution in [2.75, 3.05) is 0 Å². The monoisotopic (exact) mass is 171 g/mol. The Morgan fingerprint density at radius 1 is 1.46 bits per heavy atom. The molecule has 0 bridgehead atoms. The van der Waals surface area contributed by atoms with Crippen molar-refractivity contribution in [3.05, 3.63) is 28.9 Å². The molecule has 0 amide bonds. The van der Waals surface area contributed by atoms with E-state index < -0.39 is 0 Å². The second-order valence-electron chi connectivity index (χ2n) is 3.56. The lowest BCUT2D eigenvalue weighted by Gasteiger charge is -2.06. The number of aromatic nitrogens is 2. The summed E-state index contributed by atoms with van der Waals surface area (Å²) >= 11 is 0. The van der Waals surface area contributed by atoms with Crippen LogP contribution < -0.4 is 0 Å². The van der Waals surface area contributed by atoms with E-state index in [1.807, 2.05) is 6.20 Å². The van der Waals surface area contributed by atoms with Crippen LogP contribution in [0.5, 0.6) is 0 Å². The Labute approximate surface area is 79.0 Å². The maximum Gasteiger partial charge on any atom is 0.176 e. The summed E-state index contributed by atoms with van der Waals surface area (Å²) in [6, 6.07) is 0. The molecule has 1 radical (unpaired) electrons. The Hall–Kier alpha value is -1.25. The molecule has 1 N–H and O–H groups in total. The lowest BCUT2D eigenvalue weighted by Crippen LogP contribution is -2.00. The van der Waals surface area contributed by atoms with Crippen LogP contribution in [-0.4, -0.2) is 17.5 Å². The number of hydrogen-bond donors (Lipinski definition) is 1. The fourth-order valence-corrected chi connectivity index (χ4v) is 1.39. The molecule has 0 unspecified atom stereocenters. The first-order valence-electron chi connectivity index (χ1n) is 4.54. The fraction of sp³-hybridized carbons (Fsp3) is 0.300. The molecular weight excluding hydrogens is 159 g/mol. The predicted octanol–water partition coefficient (Wildman–Crippen LogP) is 2.10. The largest absolute Gasteiger partial charge is 0.278 e. The summed E-state index contributed by atoms with van der Waals surface area (Å²) in [6.45, 7) is 4.38. The Balaban J connectivity index is 2.43. The quantitative estimate of drug-likeness (QED) is 0.644. The van der Waals surface area contributed by atoms with Crippen LogP contribution in [0, 0.1) is 5.92 Å². The van der Waals surface area contributed by atoms with Gasteiger partial charge in [-0.1, -0.05) is 25.4 Å². The number of aromatic amines is 1. The van der Waals surface area contributed by atoms with E-state index in [0.29, 0.717) is 5.92 Å². The lowest BCUT2D eigenvalue weighted by molar-refractivity contribution is 0.816. The van der Waals surface area contributed by atoms with Crippen LogP contribution in [-0.2, 0) is 0 Å². The van der Waals surface area contributed by atoms with E-state index in [-0.39, 0.29) is 0 Å². The highest BCUT2D eigenvalue weighted by atomic mass is 15.1. The van der Waals surface area contributed by atoms with Gasteiger partial charge in [-0.05, 0) is 12.0 Å². The van der Waals surface area contributed by atoms with Crippen molar-refractivity contribution in [3.63, 3.8) is 0 Å². The summed E-state index contributed by atoms with van der Waals surface area (Å²) in [6.07, 6.45) is 6.08. The van der Waals surface area contributed by atoms with E-state index >= 15 is 0 Å². The van der Waals surface area contributed by atoms with Crippen LogP contribution in [0.25, 0.3) is 12.2 Å². The Morgan fingerprint density at radius 2 is 2.31 bits per heavy atom. The van der Waals surface area contributed by atoms with Crippen molar-refractivity contribution >= 4 is 19.4 Å². The van der Waals surface area contributed by atoms with Gasteiger partial charge < -0.3 is 0 Å². The zero-order valence-electron chi connectivity index (χ0n) is 7.91. The minimum atomic E-state index is 0.555. The van der Waals surface area contributed by atoms with Crippen LogP contribution in [0.3, 0.4) is 0 Å². The molecular formula is C10H12BN2. The van der Waals surface area contributed by atoms with Crippen molar-refractivity contribution in [1.29, 1.82) is 0 Å². The van der Waals surface area contributed by atoms with Crippen molar-refractivity contribution in [1.82, 2.24) is 10.2 Å². The first-order chi connectivity index (χ1) is 6.27. The molecule has 0 aliphatic carbocycles. The van der Waals surface area contributed by atoms with Gasteiger partial charge in [0.05, 0.1) is 11.9 Å². The lowest BCUT2D eigenvalue weighted by atomic mass is 9.65. The van der Waals surface area contributed by atoms with Gasteiger partial charge in [0.2, 0.25) is 0 Å². The molecule has 13 heavy (non-hydrogen) atoms. The maximum absolute atomic E-state index is 4.00. The number of H-pyrrole nitrogens is 1. The molecule has 2 rings (SSSR count). The Bertz CT molecular complexity index is 361. The highest BCUT2D eigenvalue weighted by Crippen LogP contribution is 2.19. The zero-order chi connectivity index (χ0) is 9.26. The van der Waals surface area contributed by atoms with Gasteiger partial charge in [0, 0.05) is 5.56 Å². The molecule has 2 heterocycles. The third-order valence-corrected chi connectivity index (χ3v) is 2.24. The van der Waals surface area contributed by atoms with E-state index in [0.717, 1.165) is 11.3 Å². The minimum absolute atomic E-state index is 0.555. The van der Waals surface area contributed by atoms with Gasteiger partial charge in [-0.25, -0.2) is 0 Å². The number of hydrogen-bond acceptors (Lipinski definition) is 1. The molecule has 0 saturated heterocycles. The normalized spacial score (nSPS) is 14.8. The predicted molar refractivity (Wildman–Crippen MR) is 56.2 cm³/mol. The molecule has 1 aromatic heterocycles. The summed E-state index contributed by atoms with van der Waals surface area (Å²) in [5.41, 5.74) is 3.60. The van der Waals surface area contributed by atoms with Crippen LogP contribution in [0.4, 0.5) is 0 Å². The molecule has 1 aromatic rings. The van der Waals surface area contributed by atoms with Gasteiger partial charge in [0.1, 0.15) is 0 Å². The third-order valence-electron chi connectivity index (χ3n) is 2.24. The average Bonchev–Trinajstić information content (AvgIpc) is 2.42. The molecule has 1 aliphatic rings. The van der Waals surface area contributed by atoms with Gasteiger partial charge in [0.15, 0.2) is 7.28 Å². The summed E-state index contributed by atoms with van der Waals surface area (Å²) in [4.78, 5) is 0. The smallest absolute Gasteiger partial charge is 0.176 e. The molecule has 1 aliphatic heterocycles. The van der Waals surface area contributed by atoms with E-state index in [9.17, 15) is 0 Å². The maximum atomic E-state index is 4.00. The highest BCUT2D eigenvalue weighted by molar-refractivity contribution is 6.53. The Kier molecular flexibility index (Phi) is 2.09. The van der Waals surface area contributed by atoms with E-state index in [1.54, 1.807) is 0 Å². The molecule has 3 heteroatoms. The van der Waals surface area contributed by atoms with Crippen molar-refractivity contribution in [2.45, 2.75) is 13.8 Å². The molecule has 65 valence electrons. The van der Waals surface area contributed by atoms with Gasteiger partial charge in [-0.15, -0.1) is 5.98 Å². The zero-order valence-corrected chi connectivity index (χ0v) is 7.91. The molecule has 0 atom stereocenters. The molecule has 0 spiro atoms. The van der Waals surface area contributed by atoms with E-state index in [4.69, 9.17) is 0 Å². The first kappa shape index (κ1) is 8.36. The second kappa shape index (κ2) is 3.25. The first-order valence-corrected chi connectivity index (χ1v) is 4.54. The summed E-state index contributed by atoms with van der Waals surface area (Å²) in [5.74, 6) is 2.63. The standard InChI is InChI=1S/C10H12BN2/c1-7(2)9-5-10-8(3-4-11-9)6-12-13-10/h3-7H,1-2H3,(H,12,13). The van der Waals surface area contributed by atoms with Gasteiger partial charge in [0.25, 0.3) is 0 Å². The summed E-state index contributed by atoms with van der Waals surface area (Å²) < 4.78 is 0. The topological polar surface area (TPSA) is 28.7 Å². The highest BCUT2D eigenvalue weighted by Gasteiger charge is 2.08. The number of fused-ring (bicyclic) bond motifs is 1. The third kappa shape index (κ3) is 1.59. The minimum Gasteiger partial charge on any atom is -0.278 e. The number of nitrogens with one attached hydrogen (secondary N) is 1. The van der Waals surface area contributed by atoms with E-state index in [2.05, 4.69) is 49.5 Å². The number of nitrogens with zero attached hydrogens (tertiary/aromatic N) is 1. The second-order valence-corrected chi connectivity index (χ2v) is 3.56. The summed E-state index contributed by atoms with van der Waals surface area (Å²) in [5, 5.41) is 6.99. The molecule has 0 fully saturated rings. The van der Waals surface area contributed by atoms with Crippen LogP contribution in [0.2, 0.25) is 0 Å². The molecule has 2 nitrogen and oxygen atoms in total. The Morgan fingerprint density at radius 3 is 3.08 bits per heavy atom. The number of allylic oxidation sites excluding steroid dienone is 1. The van der Waals surface area contributed by atoms with Crippen molar-refractivity contribution < 1.29 is 0 Å². The van der Waals surface area contributed by atoms with Crippen LogP contribution in [0.1, 0.15) is 25.1 Å². The van der Waals surface area contributed by atoms with E-state index in [1.165, 1.54) is 5.47 Å². The number of rotatable bonds is 1. The SMILES string of the molecule is CC(C)C1=Cc2[nH]ncc2C=C[B]1.